The lowest BCUT2D eigenvalue weighted by Gasteiger charge is -2.08. The van der Waals surface area contributed by atoms with Crippen LogP contribution < -0.4 is 0 Å². The number of aryl methyl sites for hydroxylation is 1. The van der Waals surface area contributed by atoms with E-state index in [1.165, 1.54) is 0 Å². The van der Waals surface area contributed by atoms with Crippen LogP contribution in [0, 0.1) is 19.3 Å². The summed E-state index contributed by atoms with van der Waals surface area (Å²) in [5.74, 6) is 3.99. The molecule has 68 valence electrons. The molecule has 2 heteroatoms. The highest BCUT2D eigenvalue weighted by molar-refractivity contribution is 5.12. The summed E-state index contributed by atoms with van der Waals surface area (Å²) in [7, 11) is 0. The van der Waals surface area contributed by atoms with Gasteiger partial charge in [0.1, 0.15) is 24.2 Å². The van der Waals surface area contributed by atoms with Crippen LogP contribution in [0.3, 0.4) is 0 Å². The molecule has 0 aliphatic rings. The van der Waals surface area contributed by atoms with Gasteiger partial charge in [0.05, 0.1) is 0 Å². The van der Waals surface area contributed by atoms with Crippen LogP contribution in [0.5, 0.6) is 0 Å². The van der Waals surface area contributed by atoms with Crippen LogP contribution in [-0.2, 0) is 4.74 Å². The molecule has 0 amide bonds. The van der Waals surface area contributed by atoms with Gasteiger partial charge in [-0.05, 0) is 19.1 Å². The summed E-state index contributed by atoms with van der Waals surface area (Å²) in [6, 6.07) is 3.74. The third-order valence-electron chi connectivity index (χ3n) is 1.60. The SMILES string of the molecule is C#CCOC(C=C)c1ccc(C)o1. The lowest BCUT2D eigenvalue weighted by molar-refractivity contribution is 0.0961. The van der Waals surface area contributed by atoms with Gasteiger partial charge in [0.2, 0.25) is 0 Å². The summed E-state index contributed by atoms with van der Waals surface area (Å²) >= 11 is 0. The van der Waals surface area contributed by atoms with Crippen LogP contribution in [0.25, 0.3) is 0 Å². The Hall–Kier alpha value is -1.46. The van der Waals surface area contributed by atoms with Gasteiger partial charge in [0.15, 0.2) is 0 Å². The van der Waals surface area contributed by atoms with E-state index in [2.05, 4.69) is 12.5 Å². The Morgan fingerprint density at radius 1 is 1.77 bits per heavy atom. The Morgan fingerprint density at radius 3 is 3.00 bits per heavy atom. The molecule has 0 saturated heterocycles. The molecule has 1 atom stereocenters. The molecule has 0 N–H and O–H groups in total. The van der Waals surface area contributed by atoms with Crippen LogP contribution in [0.15, 0.2) is 29.2 Å². The van der Waals surface area contributed by atoms with Crippen molar-refractivity contribution in [3.63, 3.8) is 0 Å². The van der Waals surface area contributed by atoms with Gasteiger partial charge >= 0.3 is 0 Å². The average molecular weight is 176 g/mol. The highest BCUT2D eigenvalue weighted by Crippen LogP contribution is 2.20. The molecular formula is C11H12O2. The van der Waals surface area contributed by atoms with Crippen molar-refractivity contribution in [1.82, 2.24) is 0 Å². The fourth-order valence-electron chi connectivity index (χ4n) is 1.01. The first-order chi connectivity index (χ1) is 6.27. The van der Waals surface area contributed by atoms with Crippen LogP contribution in [0.1, 0.15) is 17.6 Å². The average Bonchev–Trinajstić information content (AvgIpc) is 2.54. The van der Waals surface area contributed by atoms with Gasteiger partial charge in [0.25, 0.3) is 0 Å². The molecule has 0 aliphatic carbocycles. The van der Waals surface area contributed by atoms with Crippen molar-refractivity contribution in [2.45, 2.75) is 13.0 Å². The molecule has 0 fully saturated rings. The van der Waals surface area contributed by atoms with Gasteiger partial charge in [-0.2, -0.15) is 0 Å². The smallest absolute Gasteiger partial charge is 0.136 e. The Balaban J connectivity index is 2.67. The third-order valence-corrected chi connectivity index (χ3v) is 1.60. The topological polar surface area (TPSA) is 22.4 Å². The zero-order chi connectivity index (χ0) is 9.68. The number of rotatable bonds is 4. The van der Waals surface area contributed by atoms with Crippen molar-refractivity contribution in [2.75, 3.05) is 6.61 Å². The molecule has 1 aromatic heterocycles. The summed E-state index contributed by atoms with van der Waals surface area (Å²) in [5, 5.41) is 0. The molecule has 0 saturated carbocycles. The van der Waals surface area contributed by atoms with E-state index in [-0.39, 0.29) is 12.7 Å². The zero-order valence-electron chi connectivity index (χ0n) is 7.62. The third kappa shape index (κ3) is 2.50. The van der Waals surface area contributed by atoms with Gasteiger partial charge in [0, 0.05) is 0 Å². The van der Waals surface area contributed by atoms with E-state index in [9.17, 15) is 0 Å². The Morgan fingerprint density at radius 2 is 2.54 bits per heavy atom. The largest absolute Gasteiger partial charge is 0.463 e. The molecule has 0 radical (unpaired) electrons. The Labute approximate surface area is 78.2 Å². The monoisotopic (exact) mass is 176 g/mol. The molecule has 0 aliphatic heterocycles. The molecule has 1 rings (SSSR count). The van der Waals surface area contributed by atoms with Crippen LogP contribution >= 0.6 is 0 Å². The molecule has 13 heavy (non-hydrogen) atoms. The molecule has 0 aromatic carbocycles. The molecule has 0 bridgehead atoms. The second-order valence-corrected chi connectivity index (χ2v) is 2.62. The van der Waals surface area contributed by atoms with Crippen LogP contribution in [0.2, 0.25) is 0 Å². The Bertz CT molecular complexity index is 317. The van der Waals surface area contributed by atoms with Crippen LogP contribution in [-0.4, -0.2) is 6.61 Å². The first-order valence-corrected chi connectivity index (χ1v) is 4.02. The van der Waals surface area contributed by atoms with Crippen molar-refractivity contribution >= 4 is 0 Å². The molecule has 0 spiro atoms. The van der Waals surface area contributed by atoms with E-state index in [1.54, 1.807) is 6.08 Å². The molecule has 1 heterocycles. The fourth-order valence-corrected chi connectivity index (χ4v) is 1.01. The summed E-state index contributed by atoms with van der Waals surface area (Å²) < 4.78 is 10.7. The number of hydrogen-bond acceptors (Lipinski definition) is 2. The molecular weight excluding hydrogens is 164 g/mol. The number of furan rings is 1. The predicted molar refractivity (Wildman–Crippen MR) is 51.2 cm³/mol. The van der Waals surface area contributed by atoms with E-state index in [4.69, 9.17) is 15.6 Å². The van der Waals surface area contributed by atoms with E-state index in [0.717, 1.165) is 11.5 Å². The summed E-state index contributed by atoms with van der Waals surface area (Å²) in [4.78, 5) is 0. The maximum atomic E-state index is 5.37. The standard InChI is InChI=1S/C11H12O2/c1-4-8-12-10(5-2)11-7-6-9(3)13-11/h1,5-7,10H,2,8H2,3H3. The maximum absolute atomic E-state index is 5.37. The summed E-state index contributed by atoms with van der Waals surface area (Å²) in [6.07, 6.45) is 6.49. The normalized spacial score (nSPS) is 12.0. The van der Waals surface area contributed by atoms with Gasteiger partial charge < -0.3 is 9.15 Å². The zero-order valence-corrected chi connectivity index (χ0v) is 7.62. The fraction of sp³-hybridized carbons (Fsp3) is 0.273. The van der Waals surface area contributed by atoms with Crippen LogP contribution in [0.4, 0.5) is 0 Å². The maximum Gasteiger partial charge on any atom is 0.136 e. The molecule has 1 aromatic rings. The second kappa shape index (κ2) is 4.54. The number of terminal acetylenes is 1. The number of hydrogen-bond donors (Lipinski definition) is 0. The first-order valence-electron chi connectivity index (χ1n) is 4.02. The quantitative estimate of drug-likeness (QED) is 0.519. The Kier molecular flexibility index (Phi) is 3.36. The van der Waals surface area contributed by atoms with E-state index in [0.29, 0.717) is 0 Å². The minimum absolute atomic E-state index is 0.246. The summed E-state index contributed by atoms with van der Waals surface area (Å²) in [6.45, 7) is 5.79. The van der Waals surface area contributed by atoms with Gasteiger partial charge in [-0.1, -0.05) is 12.0 Å². The second-order valence-electron chi connectivity index (χ2n) is 2.62. The van der Waals surface area contributed by atoms with Crippen molar-refractivity contribution in [3.8, 4) is 12.3 Å². The van der Waals surface area contributed by atoms with Gasteiger partial charge in [-0.25, -0.2) is 0 Å². The van der Waals surface area contributed by atoms with Gasteiger partial charge in [-0.15, -0.1) is 13.0 Å². The van der Waals surface area contributed by atoms with Crippen molar-refractivity contribution in [1.29, 1.82) is 0 Å². The van der Waals surface area contributed by atoms with E-state index in [1.807, 2.05) is 19.1 Å². The predicted octanol–water partition coefficient (Wildman–Crippen LogP) is 2.46. The molecule has 2 nitrogen and oxygen atoms in total. The molecule has 1 unspecified atom stereocenters. The van der Waals surface area contributed by atoms with Crippen molar-refractivity contribution < 1.29 is 9.15 Å². The van der Waals surface area contributed by atoms with Crippen molar-refractivity contribution in [3.05, 3.63) is 36.3 Å². The van der Waals surface area contributed by atoms with Gasteiger partial charge in [-0.3, -0.25) is 0 Å². The lowest BCUT2D eigenvalue weighted by atomic mass is 10.3. The lowest BCUT2D eigenvalue weighted by Crippen LogP contribution is -1.99. The van der Waals surface area contributed by atoms with E-state index < -0.39 is 0 Å². The highest BCUT2D eigenvalue weighted by Gasteiger charge is 2.10. The number of ether oxygens (including phenoxy) is 1. The summed E-state index contributed by atoms with van der Waals surface area (Å²) in [5.41, 5.74) is 0. The van der Waals surface area contributed by atoms with E-state index >= 15 is 0 Å². The van der Waals surface area contributed by atoms with Crippen molar-refractivity contribution in [2.24, 2.45) is 0 Å². The minimum atomic E-state index is -0.246. The highest BCUT2D eigenvalue weighted by atomic mass is 16.5. The first kappa shape index (κ1) is 9.63. The minimum Gasteiger partial charge on any atom is -0.463 e.